The highest BCUT2D eigenvalue weighted by atomic mass is 16.3. The Kier molecular flexibility index (Phi) is 3.39. The van der Waals surface area contributed by atoms with Gasteiger partial charge in [0.05, 0.1) is 11.8 Å². The average Bonchev–Trinajstić information content (AvgIpc) is 3.11. The first-order valence-electron chi connectivity index (χ1n) is 6.69. The summed E-state index contributed by atoms with van der Waals surface area (Å²) in [6.07, 6.45) is 3.40. The molecule has 0 radical (unpaired) electrons. The summed E-state index contributed by atoms with van der Waals surface area (Å²) in [5.41, 5.74) is 1.62. The molecule has 2 heterocycles. The quantitative estimate of drug-likeness (QED) is 0.690. The van der Waals surface area contributed by atoms with Crippen LogP contribution >= 0.6 is 0 Å². The third kappa shape index (κ3) is 2.50. The third-order valence-electron chi connectivity index (χ3n) is 3.41. The highest BCUT2D eigenvalue weighted by molar-refractivity contribution is 5.95. The van der Waals surface area contributed by atoms with E-state index < -0.39 is 0 Å². The van der Waals surface area contributed by atoms with Crippen LogP contribution in [-0.4, -0.2) is 20.8 Å². The molecule has 3 rings (SSSR count). The molecule has 106 valence electrons. The van der Waals surface area contributed by atoms with Gasteiger partial charge < -0.3 is 4.42 Å². The molecule has 0 N–H and O–H groups in total. The maximum Gasteiger partial charge on any atom is 0.163 e. The van der Waals surface area contributed by atoms with Gasteiger partial charge in [-0.2, -0.15) is 0 Å². The van der Waals surface area contributed by atoms with Gasteiger partial charge in [-0.1, -0.05) is 35.5 Å². The largest absolute Gasteiger partial charge is 0.463 e. The van der Waals surface area contributed by atoms with Crippen LogP contribution in [-0.2, 0) is 0 Å². The number of hydrogen-bond acceptors (Lipinski definition) is 4. The number of carbonyl (C=O) groups is 1. The number of ketones is 1. The molecule has 5 heteroatoms. The van der Waals surface area contributed by atoms with Crippen molar-refractivity contribution >= 4 is 5.78 Å². The number of hydrogen-bond donors (Lipinski definition) is 0. The molecule has 0 aliphatic heterocycles. The van der Waals surface area contributed by atoms with Crippen LogP contribution in [0.4, 0.5) is 0 Å². The second-order valence-corrected chi connectivity index (χ2v) is 4.87. The van der Waals surface area contributed by atoms with Gasteiger partial charge in [0.1, 0.15) is 17.6 Å². The summed E-state index contributed by atoms with van der Waals surface area (Å²) in [7, 11) is 0. The summed E-state index contributed by atoms with van der Waals surface area (Å²) >= 11 is 0. The van der Waals surface area contributed by atoms with E-state index in [0.717, 1.165) is 5.56 Å². The Morgan fingerprint density at radius 3 is 2.62 bits per heavy atom. The number of carbonyl (C=O) groups excluding carboxylic acids is 1. The van der Waals surface area contributed by atoms with Gasteiger partial charge in [0.25, 0.3) is 0 Å². The van der Waals surface area contributed by atoms with E-state index >= 15 is 0 Å². The maximum absolute atomic E-state index is 11.6. The Hall–Kier alpha value is -2.69. The summed E-state index contributed by atoms with van der Waals surface area (Å²) in [5.74, 6) is 1.29. The lowest BCUT2D eigenvalue weighted by molar-refractivity contribution is 0.101. The fourth-order valence-electron chi connectivity index (χ4n) is 2.43. The van der Waals surface area contributed by atoms with Gasteiger partial charge in [-0.25, -0.2) is 4.68 Å². The topological polar surface area (TPSA) is 60.9 Å². The minimum atomic E-state index is -0.236. The molecule has 0 fully saturated rings. The molecule has 0 aliphatic carbocycles. The molecule has 21 heavy (non-hydrogen) atoms. The zero-order valence-electron chi connectivity index (χ0n) is 11.9. The van der Waals surface area contributed by atoms with Crippen molar-refractivity contribution in [1.82, 2.24) is 15.0 Å². The molecule has 1 aromatic carbocycles. The van der Waals surface area contributed by atoms with Crippen molar-refractivity contribution in [1.29, 1.82) is 0 Å². The van der Waals surface area contributed by atoms with Crippen molar-refractivity contribution in [2.45, 2.75) is 19.9 Å². The van der Waals surface area contributed by atoms with Gasteiger partial charge in [0.2, 0.25) is 0 Å². The minimum Gasteiger partial charge on any atom is -0.463 e. The standard InChI is InChI=1S/C16H15N3O2/c1-11(20)14-10-15(21-12(14)2)16(19-9-8-17-18-19)13-6-4-3-5-7-13/h3-10,16H,1-2H3. The van der Waals surface area contributed by atoms with Crippen LogP contribution in [0, 0.1) is 6.92 Å². The molecule has 1 atom stereocenters. The number of furan rings is 1. The maximum atomic E-state index is 11.6. The van der Waals surface area contributed by atoms with Crippen molar-refractivity contribution in [3.8, 4) is 0 Å². The second kappa shape index (κ2) is 5.36. The van der Waals surface area contributed by atoms with Crippen LogP contribution in [0.1, 0.15) is 40.4 Å². The number of nitrogens with zero attached hydrogens (tertiary/aromatic N) is 3. The zero-order chi connectivity index (χ0) is 14.8. The Bertz CT molecular complexity index is 745. The van der Waals surface area contributed by atoms with Gasteiger partial charge in [0, 0.05) is 6.20 Å². The first kappa shape index (κ1) is 13.3. The summed E-state index contributed by atoms with van der Waals surface area (Å²) in [6, 6.07) is 11.4. The highest BCUT2D eigenvalue weighted by Gasteiger charge is 2.23. The predicted octanol–water partition coefficient (Wildman–Crippen LogP) is 3.02. The van der Waals surface area contributed by atoms with Gasteiger partial charge in [-0.3, -0.25) is 4.79 Å². The molecular formula is C16H15N3O2. The lowest BCUT2D eigenvalue weighted by atomic mass is 10.0. The summed E-state index contributed by atoms with van der Waals surface area (Å²) in [5, 5.41) is 7.94. The summed E-state index contributed by atoms with van der Waals surface area (Å²) in [4.78, 5) is 11.6. The first-order valence-corrected chi connectivity index (χ1v) is 6.69. The van der Waals surface area contributed by atoms with E-state index in [1.165, 1.54) is 6.92 Å². The van der Waals surface area contributed by atoms with E-state index in [2.05, 4.69) is 10.3 Å². The molecule has 3 aromatic rings. The summed E-state index contributed by atoms with van der Waals surface area (Å²) < 4.78 is 7.53. The molecule has 0 aliphatic rings. The molecule has 0 saturated carbocycles. The fraction of sp³-hybridized carbons (Fsp3) is 0.188. The monoisotopic (exact) mass is 281 g/mol. The molecule has 0 saturated heterocycles. The Balaban J connectivity index is 2.12. The minimum absolute atomic E-state index is 0.00657. The molecule has 0 bridgehead atoms. The van der Waals surface area contributed by atoms with Crippen molar-refractivity contribution < 1.29 is 9.21 Å². The van der Waals surface area contributed by atoms with Crippen LogP contribution in [0.15, 0.2) is 53.2 Å². The van der Waals surface area contributed by atoms with Crippen molar-refractivity contribution in [3.63, 3.8) is 0 Å². The Labute approximate surface area is 122 Å². The lowest BCUT2D eigenvalue weighted by Crippen LogP contribution is -2.12. The smallest absolute Gasteiger partial charge is 0.163 e. The second-order valence-electron chi connectivity index (χ2n) is 4.87. The van der Waals surface area contributed by atoms with E-state index in [4.69, 9.17) is 4.42 Å². The van der Waals surface area contributed by atoms with Gasteiger partial charge in [-0.05, 0) is 25.5 Å². The average molecular weight is 281 g/mol. The van der Waals surface area contributed by atoms with Crippen molar-refractivity contribution in [2.75, 3.05) is 0 Å². The van der Waals surface area contributed by atoms with Crippen LogP contribution < -0.4 is 0 Å². The number of aromatic nitrogens is 3. The predicted molar refractivity (Wildman–Crippen MR) is 77.2 cm³/mol. The molecule has 0 spiro atoms. The molecular weight excluding hydrogens is 266 g/mol. The van der Waals surface area contributed by atoms with E-state index in [-0.39, 0.29) is 11.8 Å². The van der Waals surface area contributed by atoms with E-state index in [9.17, 15) is 4.79 Å². The van der Waals surface area contributed by atoms with Gasteiger partial charge in [0.15, 0.2) is 5.78 Å². The van der Waals surface area contributed by atoms with Crippen LogP contribution in [0.5, 0.6) is 0 Å². The fourth-order valence-corrected chi connectivity index (χ4v) is 2.43. The van der Waals surface area contributed by atoms with Gasteiger partial charge >= 0.3 is 0 Å². The number of rotatable bonds is 4. The Morgan fingerprint density at radius 1 is 1.29 bits per heavy atom. The number of aryl methyl sites for hydroxylation is 1. The molecule has 2 aromatic heterocycles. The normalized spacial score (nSPS) is 12.3. The van der Waals surface area contributed by atoms with Crippen molar-refractivity contribution in [2.24, 2.45) is 0 Å². The molecule has 5 nitrogen and oxygen atoms in total. The van der Waals surface area contributed by atoms with E-state index in [1.54, 1.807) is 30.1 Å². The van der Waals surface area contributed by atoms with Crippen LogP contribution in [0.3, 0.4) is 0 Å². The zero-order valence-corrected chi connectivity index (χ0v) is 11.9. The van der Waals surface area contributed by atoms with Crippen LogP contribution in [0.25, 0.3) is 0 Å². The van der Waals surface area contributed by atoms with Gasteiger partial charge in [-0.15, -0.1) is 5.10 Å². The van der Waals surface area contributed by atoms with E-state index in [1.807, 2.05) is 30.3 Å². The molecule has 1 unspecified atom stereocenters. The van der Waals surface area contributed by atoms with Crippen molar-refractivity contribution in [3.05, 3.63) is 71.4 Å². The number of Topliss-reactive ketones (excluding diaryl/α,β-unsaturated/α-hetero) is 1. The lowest BCUT2D eigenvalue weighted by Gasteiger charge is -2.14. The third-order valence-corrected chi connectivity index (χ3v) is 3.41. The molecule has 0 amide bonds. The Morgan fingerprint density at radius 2 is 2.05 bits per heavy atom. The number of benzene rings is 1. The SMILES string of the molecule is CC(=O)c1cc(C(c2ccccc2)n2ccnn2)oc1C. The van der Waals surface area contributed by atoms with Crippen LogP contribution in [0.2, 0.25) is 0 Å². The summed E-state index contributed by atoms with van der Waals surface area (Å²) in [6.45, 7) is 3.33. The highest BCUT2D eigenvalue weighted by Crippen LogP contribution is 2.29. The first-order chi connectivity index (χ1) is 10.2. The van der Waals surface area contributed by atoms with E-state index in [0.29, 0.717) is 17.1 Å².